The van der Waals surface area contributed by atoms with Gasteiger partial charge in [0, 0.05) is 0 Å². The first-order valence-corrected chi connectivity index (χ1v) is 6.16. The molecular weight excluding hydrogens is 216 g/mol. The molecule has 1 aliphatic rings. The van der Waals surface area contributed by atoms with Gasteiger partial charge >= 0.3 is 0 Å². The van der Waals surface area contributed by atoms with Gasteiger partial charge in [-0.05, 0) is 29.6 Å². The zero-order valence-corrected chi connectivity index (χ0v) is 10.3. The fourth-order valence-electron chi connectivity index (χ4n) is 1.97. The quantitative estimate of drug-likeness (QED) is 0.689. The molecule has 0 aliphatic heterocycles. The van der Waals surface area contributed by atoms with Crippen molar-refractivity contribution < 1.29 is 0 Å². The van der Waals surface area contributed by atoms with E-state index in [1.807, 2.05) is 6.07 Å². The average molecular weight is 232 g/mol. The predicted molar refractivity (Wildman–Crippen MR) is 71.1 cm³/mol. The largest absolute Gasteiger partial charge is 0.112 e. The normalized spacial score (nSPS) is 16.9. The Kier molecular flexibility index (Phi) is 3.84. The summed E-state index contributed by atoms with van der Waals surface area (Å²) in [6.07, 6.45) is 7.47. The van der Waals surface area contributed by atoms with Crippen molar-refractivity contribution in [1.82, 2.24) is 0 Å². The molecule has 0 saturated carbocycles. The zero-order chi connectivity index (χ0) is 11.4. The Morgan fingerprint density at radius 3 is 2.50 bits per heavy atom. The first-order valence-electron chi connectivity index (χ1n) is 5.78. The van der Waals surface area contributed by atoms with E-state index in [1.54, 1.807) is 0 Å². The molecule has 0 fully saturated rings. The number of rotatable bonds is 3. The molecule has 0 aromatic heterocycles. The SMILES string of the molecule is CCCC1=CC=C(c2ccccc2)C[C]1Cl. The maximum atomic E-state index is 6.31. The Labute approximate surface area is 103 Å². The lowest BCUT2D eigenvalue weighted by Gasteiger charge is -2.19. The molecule has 2 rings (SSSR count). The summed E-state index contributed by atoms with van der Waals surface area (Å²) in [5.74, 6) is 0. The van der Waals surface area contributed by atoms with E-state index in [9.17, 15) is 0 Å². The molecule has 1 aromatic rings. The van der Waals surface area contributed by atoms with Gasteiger partial charge in [-0.1, -0.05) is 55.8 Å². The van der Waals surface area contributed by atoms with Gasteiger partial charge in [-0.3, -0.25) is 0 Å². The first kappa shape index (κ1) is 11.5. The molecule has 0 spiro atoms. The summed E-state index contributed by atoms with van der Waals surface area (Å²) in [6.45, 7) is 2.18. The number of benzene rings is 1. The van der Waals surface area contributed by atoms with E-state index in [0.29, 0.717) is 0 Å². The highest BCUT2D eigenvalue weighted by Gasteiger charge is 2.17. The average Bonchev–Trinajstić information content (AvgIpc) is 2.33. The van der Waals surface area contributed by atoms with Crippen LogP contribution < -0.4 is 0 Å². The minimum atomic E-state index is 0.872. The van der Waals surface area contributed by atoms with Crippen LogP contribution in [0.4, 0.5) is 0 Å². The van der Waals surface area contributed by atoms with Crippen molar-refractivity contribution >= 4 is 17.2 Å². The van der Waals surface area contributed by atoms with Crippen LogP contribution in [-0.2, 0) is 0 Å². The maximum Gasteiger partial charge on any atom is 0.0930 e. The van der Waals surface area contributed by atoms with Crippen molar-refractivity contribution in [3.05, 3.63) is 59.0 Å². The molecule has 1 aromatic carbocycles. The van der Waals surface area contributed by atoms with Crippen LogP contribution in [0.1, 0.15) is 31.7 Å². The van der Waals surface area contributed by atoms with E-state index < -0.39 is 0 Å². The number of halogens is 1. The Bertz CT molecular complexity index is 401. The van der Waals surface area contributed by atoms with E-state index in [4.69, 9.17) is 11.6 Å². The van der Waals surface area contributed by atoms with E-state index in [1.165, 1.54) is 16.7 Å². The van der Waals surface area contributed by atoms with Crippen molar-refractivity contribution in [2.45, 2.75) is 26.2 Å². The highest BCUT2D eigenvalue weighted by Crippen LogP contribution is 2.37. The lowest BCUT2D eigenvalue weighted by atomic mass is 9.91. The Morgan fingerprint density at radius 2 is 1.88 bits per heavy atom. The van der Waals surface area contributed by atoms with Crippen LogP contribution >= 0.6 is 11.6 Å². The van der Waals surface area contributed by atoms with E-state index in [0.717, 1.165) is 24.6 Å². The van der Waals surface area contributed by atoms with E-state index >= 15 is 0 Å². The molecule has 0 N–H and O–H groups in total. The van der Waals surface area contributed by atoms with Crippen molar-refractivity contribution in [3.63, 3.8) is 0 Å². The molecular formula is C15H16Cl. The second kappa shape index (κ2) is 5.36. The van der Waals surface area contributed by atoms with Crippen LogP contribution in [0, 0.1) is 5.38 Å². The molecule has 0 atom stereocenters. The fourth-order valence-corrected chi connectivity index (χ4v) is 2.27. The smallest absolute Gasteiger partial charge is 0.0930 e. The van der Waals surface area contributed by atoms with Crippen LogP contribution in [0.25, 0.3) is 5.57 Å². The molecule has 0 nitrogen and oxygen atoms in total. The number of hydrogen-bond acceptors (Lipinski definition) is 0. The van der Waals surface area contributed by atoms with Gasteiger partial charge in [0.25, 0.3) is 0 Å². The van der Waals surface area contributed by atoms with Gasteiger partial charge < -0.3 is 0 Å². The zero-order valence-electron chi connectivity index (χ0n) is 9.54. The minimum Gasteiger partial charge on any atom is -0.112 e. The molecule has 0 saturated heterocycles. The van der Waals surface area contributed by atoms with Gasteiger partial charge in [-0.15, -0.1) is 11.6 Å². The summed E-state index contributed by atoms with van der Waals surface area (Å²) < 4.78 is 0. The highest BCUT2D eigenvalue weighted by atomic mass is 35.5. The van der Waals surface area contributed by atoms with Gasteiger partial charge in [0.15, 0.2) is 0 Å². The van der Waals surface area contributed by atoms with E-state index in [2.05, 4.69) is 43.3 Å². The third-order valence-electron chi connectivity index (χ3n) is 2.84. The summed E-state index contributed by atoms with van der Waals surface area (Å²) in [4.78, 5) is 0. The topological polar surface area (TPSA) is 0 Å². The maximum absolute atomic E-state index is 6.31. The van der Waals surface area contributed by atoms with E-state index in [-0.39, 0.29) is 0 Å². The van der Waals surface area contributed by atoms with Gasteiger partial charge in [0.1, 0.15) is 0 Å². The Morgan fingerprint density at radius 1 is 1.12 bits per heavy atom. The van der Waals surface area contributed by atoms with Crippen LogP contribution in [0.15, 0.2) is 48.1 Å². The summed E-state index contributed by atoms with van der Waals surface area (Å²) in [5, 5.41) is 1.00. The van der Waals surface area contributed by atoms with Crippen LogP contribution in [0.2, 0.25) is 0 Å². The minimum absolute atomic E-state index is 0.872. The Balaban J connectivity index is 2.21. The lowest BCUT2D eigenvalue weighted by molar-refractivity contribution is 0.887. The fraction of sp³-hybridized carbons (Fsp3) is 0.267. The predicted octanol–water partition coefficient (Wildman–Crippen LogP) is 4.97. The second-order valence-corrected chi connectivity index (χ2v) is 4.54. The van der Waals surface area contributed by atoms with Gasteiger partial charge in [-0.2, -0.15) is 0 Å². The number of allylic oxidation sites excluding steroid dienone is 4. The molecule has 0 bridgehead atoms. The third-order valence-corrected chi connectivity index (χ3v) is 3.22. The second-order valence-electron chi connectivity index (χ2n) is 4.08. The molecule has 1 heteroatoms. The van der Waals surface area contributed by atoms with Crippen molar-refractivity contribution in [2.75, 3.05) is 0 Å². The molecule has 0 amide bonds. The van der Waals surface area contributed by atoms with Crippen LogP contribution in [0.5, 0.6) is 0 Å². The molecule has 1 radical (unpaired) electrons. The standard InChI is InChI=1S/C15H16Cl/c1-2-6-13-9-10-14(11-15(13)16)12-7-4-3-5-8-12/h3-5,7-10H,2,6,11H2,1H3. The number of hydrogen-bond donors (Lipinski definition) is 0. The monoisotopic (exact) mass is 231 g/mol. The lowest BCUT2D eigenvalue weighted by Crippen LogP contribution is -2.00. The molecule has 0 unspecified atom stereocenters. The van der Waals surface area contributed by atoms with Crippen LogP contribution in [0.3, 0.4) is 0 Å². The van der Waals surface area contributed by atoms with Crippen molar-refractivity contribution in [2.24, 2.45) is 0 Å². The first-order chi connectivity index (χ1) is 7.81. The molecule has 1 aliphatic carbocycles. The van der Waals surface area contributed by atoms with Crippen LogP contribution in [-0.4, -0.2) is 0 Å². The van der Waals surface area contributed by atoms with Gasteiger partial charge in [-0.25, -0.2) is 0 Å². The molecule has 0 heterocycles. The van der Waals surface area contributed by atoms with Gasteiger partial charge in [0.2, 0.25) is 0 Å². The summed E-state index contributed by atoms with van der Waals surface area (Å²) in [7, 11) is 0. The Hall–Kier alpha value is -1.01. The summed E-state index contributed by atoms with van der Waals surface area (Å²) >= 11 is 6.31. The van der Waals surface area contributed by atoms with Crippen molar-refractivity contribution in [3.8, 4) is 0 Å². The molecule has 16 heavy (non-hydrogen) atoms. The molecule has 83 valence electrons. The van der Waals surface area contributed by atoms with Gasteiger partial charge in [0.05, 0.1) is 5.38 Å². The highest BCUT2D eigenvalue weighted by molar-refractivity contribution is 6.30. The summed E-state index contributed by atoms with van der Waals surface area (Å²) in [5.41, 5.74) is 3.88. The third kappa shape index (κ3) is 2.56. The summed E-state index contributed by atoms with van der Waals surface area (Å²) in [6, 6.07) is 10.4. The van der Waals surface area contributed by atoms with Crippen molar-refractivity contribution in [1.29, 1.82) is 0 Å².